The van der Waals surface area contributed by atoms with Crippen LogP contribution in [0.1, 0.15) is 57.1 Å². The second kappa shape index (κ2) is 7.69. The fraction of sp³-hybridized carbons (Fsp3) is 0.579. The lowest BCUT2D eigenvalue weighted by Crippen LogP contribution is -2.46. The second-order valence-electron chi connectivity index (χ2n) is 6.58. The van der Waals surface area contributed by atoms with E-state index in [4.69, 9.17) is 4.74 Å². The average Bonchev–Trinajstić information content (AvgIpc) is 3.00. The summed E-state index contributed by atoms with van der Waals surface area (Å²) in [5.41, 5.74) is 1.03. The number of ether oxygens (including phenoxy) is 1. The Hall–Kier alpha value is -2.04. The predicted molar refractivity (Wildman–Crippen MR) is 91.7 cm³/mol. The van der Waals surface area contributed by atoms with Gasteiger partial charge in [0.2, 0.25) is 11.8 Å². The third kappa shape index (κ3) is 3.55. The molecule has 1 aromatic rings. The number of fused-ring (bicyclic) bond motifs is 1. The molecule has 0 radical (unpaired) electrons. The standard InChI is InChI=1S/C19H26N2O3/c1-2-7-18(22)21-12-5-10-16(21)19(23)20-15-9-6-13-24-17-11-4-3-8-14(15)17/h3-4,8,11,15-16H,2,5-7,9-10,12-13H2,1H3,(H,20,23)/t15-,16-/m0/s1. The molecule has 2 aliphatic heterocycles. The van der Waals surface area contributed by atoms with Crippen LogP contribution in [0.4, 0.5) is 0 Å². The maximum atomic E-state index is 12.8. The van der Waals surface area contributed by atoms with Crippen LogP contribution in [0, 0.1) is 0 Å². The Labute approximate surface area is 143 Å². The predicted octanol–water partition coefficient (Wildman–Crippen LogP) is 2.81. The van der Waals surface area contributed by atoms with E-state index in [0.717, 1.165) is 43.4 Å². The van der Waals surface area contributed by atoms with Gasteiger partial charge >= 0.3 is 0 Å². The molecule has 1 N–H and O–H groups in total. The summed E-state index contributed by atoms with van der Waals surface area (Å²) in [6.07, 6.45) is 4.76. The van der Waals surface area contributed by atoms with E-state index >= 15 is 0 Å². The van der Waals surface area contributed by atoms with E-state index in [9.17, 15) is 9.59 Å². The van der Waals surface area contributed by atoms with Gasteiger partial charge in [-0.05, 0) is 38.2 Å². The van der Waals surface area contributed by atoms with Gasteiger partial charge < -0.3 is 15.0 Å². The number of likely N-dealkylation sites (tertiary alicyclic amines) is 1. The molecule has 0 aliphatic carbocycles. The van der Waals surface area contributed by atoms with Crippen LogP contribution in [0.15, 0.2) is 24.3 Å². The van der Waals surface area contributed by atoms with Crippen LogP contribution in [-0.2, 0) is 9.59 Å². The first kappa shape index (κ1) is 16.8. The van der Waals surface area contributed by atoms with Crippen LogP contribution in [0.5, 0.6) is 5.75 Å². The number of hydrogen-bond donors (Lipinski definition) is 1. The molecule has 3 rings (SSSR count). The minimum atomic E-state index is -0.319. The van der Waals surface area contributed by atoms with Crippen molar-refractivity contribution in [1.29, 1.82) is 0 Å². The lowest BCUT2D eigenvalue weighted by Gasteiger charge is -2.26. The zero-order valence-electron chi connectivity index (χ0n) is 14.3. The zero-order valence-corrected chi connectivity index (χ0v) is 14.3. The first-order chi connectivity index (χ1) is 11.7. The Balaban J connectivity index is 1.71. The van der Waals surface area contributed by atoms with Gasteiger partial charge in [0.05, 0.1) is 12.6 Å². The third-order valence-corrected chi connectivity index (χ3v) is 4.85. The van der Waals surface area contributed by atoms with Gasteiger partial charge in [0.15, 0.2) is 0 Å². The number of carbonyl (C=O) groups excluding carboxylic acids is 2. The molecule has 2 amide bonds. The molecule has 0 saturated carbocycles. The summed E-state index contributed by atoms with van der Waals surface area (Å²) >= 11 is 0. The third-order valence-electron chi connectivity index (χ3n) is 4.85. The van der Waals surface area contributed by atoms with Gasteiger partial charge in [0.25, 0.3) is 0 Å². The fourth-order valence-corrected chi connectivity index (χ4v) is 3.64. The van der Waals surface area contributed by atoms with E-state index in [-0.39, 0.29) is 23.9 Å². The molecule has 0 unspecified atom stereocenters. The summed E-state index contributed by atoms with van der Waals surface area (Å²) in [4.78, 5) is 26.8. The van der Waals surface area contributed by atoms with Crippen molar-refractivity contribution in [2.75, 3.05) is 13.2 Å². The van der Waals surface area contributed by atoms with Crippen LogP contribution < -0.4 is 10.1 Å². The van der Waals surface area contributed by atoms with Crippen LogP contribution in [0.2, 0.25) is 0 Å². The molecule has 0 spiro atoms. The molecular weight excluding hydrogens is 304 g/mol. The van der Waals surface area contributed by atoms with Gasteiger partial charge in [-0.1, -0.05) is 25.1 Å². The minimum absolute atomic E-state index is 0.0290. The fourth-order valence-electron chi connectivity index (χ4n) is 3.64. The van der Waals surface area contributed by atoms with E-state index in [0.29, 0.717) is 19.6 Å². The van der Waals surface area contributed by atoms with Crippen LogP contribution in [0.3, 0.4) is 0 Å². The molecule has 1 aromatic carbocycles. The quantitative estimate of drug-likeness (QED) is 0.923. The topological polar surface area (TPSA) is 58.6 Å². The van der Waals surface area contributed by atoms with E-state index in [2.05, 4.69) is 5.32 Å². The van der Waals surface area contributed by atoms with Crippen molar-refractivity contribution >= 4 is 11.8 Å². The minimum Gasteiger partial charge on any atom is -0.493 e. The number of para-hydroxylation sites is 1. The molecule has 5 heteroatoms. The summed E-state index contributed by atoms with van der Waals surface area (Å²) in [5.74, 6) is 0.920. The number of nitrogens with zero attached hydrogens (tertiary/aromatic N) is 1. The van der Waals surface area contributed by atoms with E-state index < -0.39 is 0 Å². The molecule has 1 fully saturated rings. The largest absolute Gasteiger partial charge is 0.493 e. The van der Waals surface area contributed by atoms with Crippen LogP contribution in [-0.4, -0.2) is 35.9 Å². The molecule has 130 valence electrons. The molecule has 5 nitrogen and oxygen atoms in total. The van der Waals surface area contributed by atoms with Crippen molar-refractivity contribution in [3.05, 3.63) is 29.8 Å². The normalized spacial score (nSPS) is 23.1. The van der Waals surface area contributed by atoms with Gasteiger partial charge in [-0.25, -0.2) is 0 Å². The van der Waals surface area contributed by atoms with Crippen molar-refractivity contribution in [2.24, 2.45) is 0 Å². The molecule has 2 aliphatic rings. The highest BCUT2D eigenvalue weighted by atomic mass is 16.5. The number of carbonyl (C=O) groups is 2. The van der Waals surface area contributed by atoms with Crippen molar-refractivity contribution in [3.8, 4) is 5.75 Å². The summed E-state index contributed by atoms with van der Waals surface area (Å²) in [6, 6.07) is 7.53. The second-order valence-corrected chi connectivity index (χ2v) is 6.58. The highest BCUT2D eigenvalue weighted by Gasteiger charge is 2.35. The maximum absolute atomic E-state index is 12.8. The Morgan fingerprint density at radius 3 is 2.92 bits per heavy atom. The smallest absolute Gasteiger partial charge is 0.243 e. The first-order valence-electron chi connectivity index (χ1n) is 9.02. The number of benzene rings is 1. The van der Waals surface area contributed by atoms with Crippen molar-refractivity contribution in [2.45, 2.75) is 57.5 Å². The molecule has 0 bridgehead atoms. The monoisotopic (exact) mass is 330 g/mol. The van der Waals surface area contributed by atoms with E-state index in [1.165, 1.54) is 0 Å². The van der Waals surface area contributed by atoms with Crippen LogP contribution >= 0.6 is 0 Å². The number of rotatable bonds is 4. The molecule has 1 saturated heterocycles. The van der Waals surface area contributed by atoms with Gasteiger partial charge in [-0.2, -0.15) is 0 Å². The Morgan fingerprint density at radius 2 is 2.08 bits per heavy atom. The summed E-state index contributed by atoms with van der Waals surface area (Å²) in [5, 5.41) is 3.17. The van der Waals surface area contributed by atoms with Gasteiger partial charge in [-0.15, -0.1) is 0 Å². The number of amides is 2. The van der Waals surface area contributed by atoms with Crippen molar-refractivity contribution in [1.82, 2.24) is 10.2 Å². The summed E-state index contributed by atoms with van der Waals surface area (Å²) in [6.45, 7) is 3.36. The highest BCUT2D eigenvalue weighted by Crippen LogP contribution is 2.31. The van der Waals surface area contributed by atoms with Crippen LogP contribution in [0.25, 0.3) is 0 Å². The van der Waals surface area contributed by atoms with Gasteiger partial charge in [0.1, 0.15) is 11.8 Å². The van der Waals surface area contributed by atoms with E-state index in [1.807, 2.05) is 31.2 Å². The Bertz CT molecular complexity index is 602. The highest BCUT2D eigenvalue weighted by molar-refractivity contribution is 5.88. The van der Waals surface area contributed by atoms with E-state index in [1.54, 1.807) is 4.90 Å². The molecular formula is C19H26N2O3. The SMILES string of the molecule is CCCC(=O)N1CCC[C@H]1C(=O)N[C@H]1CCCOc2ccccc21. The molecule has 24 heavy (non-hydrogen) atoms. The van der Waals surface area contributed by atoms with Gasteiger partial charge in [0, 0.05) is 18.5 Å². The van der Waals surface area contributed by atoms with Crippen molar-refractivity contribution in [3.63, 3.8) is 0 Å². The Morgan fingerprint density at radius 1 is 1.25 bits per heavy atom. The lowest BCUT2D eigenvalue weighted by atomic mass is 10.0. The number of nitrogens with one attached hydrogen (secondary N) is 1. The maximum Gasteiger partial charge on any atom is 0.243 e. The number of hydrogen-bond acceptors (Lipinski definition) is 3. The average molecular weight is 330 g/mol. The lowest BCUT2D eigenvalue weighted by molar-refractivity contribution is -0.138. The molecule has 0 aromatic heterocycles. The van der Waals surface area contributed by atoms with Crippen molar-refractivity contribution < 1.29 is 14.3 Å². The summed E-state index contributed by atoms with van der Waals surface area (Å²) < 4.78 is 5.76. The zero-order chi connectivity index (χ0) is 16.9. The Kier molecular flexibility index (Phi) is 5.38. The summed E-state index contributed by atoms with van der Waals surface area (Å²) in [7, 11) is 0. The molecule has 2 atom stereocenters. The first-order valence-corrected chi connectivity index (χ1v) is 9.02. The molecule has 2 heterocycles. The van der Waals surface area contributed by atoms with Gasteiger partial charge in [-0.3, -0.25) is 9.59 Å².